The Morgan fingerprint density at radius 3 is 2.31 bits per heavy atom. The van der Waals surface area contributed by atoms with Crippen molar-refractivity contribution in [2.45, 2.75) is 58.7 Å². The zero-order valence-corrected chi connectivity index (χ0v) is 9.33. The maximum absolute atomic E-state index is 9.60. The molecule has 1 saturated heterocycles. The molecule has 2 heteroatoms. The summed E-state index contributed by atoms with van der Waals surface area (Å²) in [6.45, 7) is 10.0. The molecule has 2 unspecified atom stereocenters. The summed E-state index contributed by atoms with van der Waals surface area (Å²) in [7, 11) is 0. The molecule has 0 saturated carbocycles. The van der Waals surface area contributed by atoms with Crippen molar-refractivity contribution in [3.63, 3.8) is 0 Å². The number of nitrogens with zero attached hydrogens (tertiary/aromatic N) is 1. The van der Waals surface area contributed by atoms with E-state index in [1.807, 2.05) is 0 Å². The molecule has 78 valence electrons. The van der Waals surface area contributed by atoms with E-state index in [1.54, 1.807) is 0 Å². The minimum absolute atomic E-state index is 0.0672. The number of likely N-dealkylation sites (tertiary alicyclic amines) is 1. The lowest BCUT2D eigenvalue weighted by Crippen LogP contribution is -2.50. The summed E-state index contributed by atoms with van der Waals surface area (Å²) in [5.41, 5.74) is 0. The van der Waals surface area contributed by atoms with Crippen molar-refractivity contribution in [3.8, 4) is 0 Å². The first-order valence-corrected chi connectivity index (χ1v) is 5.46. The normalized spacial score (nSPS) is 31.6. The van der Waals surface area contributed by atoms with Crippen molar-refractivity contribution < 1.29 is 5.11 Å². The summed E-state index contributed by atoms with van der Waals surface area (Å²) in [5.74, 6) is 0.650. The third kappa shape index (κ3) is 2.68. The van der Waals surface area contributed by atoms with Crippen LogP contribution >= 0.6 is 0 Å². The minimum Gasteiger partial charge on any atom is -0.393 e. The molecule has 1 fully saturated rings. The lowest BCUT2D eigenvalue weighted by molar-refractivity contribution is 0.00689. The Kier molecular flexibility index (Phi) is 3.74. The zero-order valence-electron chi connectivity index (χ0n) is 9.33. The Hall–Kier alpha value is -0.0800. The van der Waals surface area contributed by atoms with Crippen LogP contribution in [0.5, 0.6) is 0 Å². The van der Waals surface area contributed by atoms with Crippen LogP contribution in [0, 0.1) is 5.92 Å². The predicted molar refractivity (Wildman–Crippen MR) is 55.7 cm³/mol. The molecule has 0 aromatic carbocycles. The molecule has 1 aliphatic heterocycles. The Balaban J connectivity index is 2.60. The van der Waals surface area contributed by atoms with Gasteiger partial charge in [-0.2, -0.15) is 0 Å². The predicted octanol–water partition coefficient (Wildman–Crippen LogP) is 1.88. The third-order valence-electron chi connectivity index (χ3n) is 3.09. The molecular weight excluding hydrogens is 162 g/mol. The van der Waals surface area contributed by atoms with Crippen molar-refractivity contribution in [2.24, 2.45) is 5.92 Å². The van der Waals surface area contributed by atoms with Gasteiger partial charge in [-0.25, -0.2) is 0 Å². The number of rotatable bonds is 2. The van der Waals surface area contributed by atoms with Gasteiger partial charge < -0.3 is 5.11 Å². The fraction of sp³-hybridized carbons (Fsp3) is 1.00. The molecule has 0 bridgehead atoms. The highest BCUT2D eigenvalue weighted by Gasteiger charge is 2.30. The summed E-state index contributed by atoms with van der Waals surface area (Å²) < 4.78 is 0. The van der Waals surface area contributed by atoms with Gasteiger partial charge in [-0.05, 0) is 32.6 Å². The van der Waals surface area contributed by atoms with Crippen LogP contribution in [0.3, 0.4) is 0 Å². The van der Waals surface area contributed by atoms with Crippen molar-refractivity contribution in [2.75, 3.05) is 6.54 Å². The van der Waals surface area contributed by atoms with Gasteiger partial charge in [-0.15, -0.1) is 0 Å². The second-order valence-electron chi connectivity index (χ2n) is 4.82. The van der Waals surface area contributed by atoms with Crippen LogP contribution in [0.15, 0.2) is 0 Å². The number of hydrogen-bond donors (Lipinski definition) is 1. The molecule has 0 radical (unpaired) electrons. The van der Waals surface area contributed by atoms with Gasteiger partial charge in [0.15, 0.2) is 0 Å². The Bertz CT molecular complexity index is 156. The molecule has 1 rings (SSSR count). The SMILES string of the molecule is CC(C)C1CC(O)CCN1C(C)C. The van der Waals surface area contributed by atoms with Gasteiger partial charge in [-0.1, -0.05) is 13.8 Å². The maximum Gasteiger partial charge on any atom is 0.0567 e. The van der Waals surface area contributed by atoms with Crippen LogP contribution in [0.2, 0.25) is 0 Å². The standard InChI is InChI=1S/C11H23NO/c1-8(2)11-7-10(13)5-6-12(11)9(3)4/h8-11,13H,5-7H2,1-4H3. The van der Waals surface area contributed by atoms with Crippen LogP contribution in [-0.2, 0) is 0 Å². The van der Waals surface area contributed by atoms with E-state index in [9.17, 15) is 5.11 Å². The lowest BCUT2D eigenvalue weighted by Gasteiger charge is -2.42. The van der Waals surface area contributed by atoms with Gasteiger partial charge in [-0.3, -0.25) is 4.90 Å². The topological polar surface area (TPSA) is 23.5 Å². The minimum atomic E-state index is -0.0672. The molecule has 13 heavy (non-hydrogen) atoms. The van der Waals surface area contributed by atoms with Crippen LogP contribution in [0.25, 0.3) is 0 Å². The van der Waals surface area contributed by atoms with E-state index < -0.39 is 0 Å². The average Bonchev–Trinajstić information content (AvgIpc) is 2.03. The van der Waals surface area contributed by atoms with E-state index in [1.165, 1.54) is 0 Å². The number of aliphatic hydroxyl groups excluding tert-OH is 1. The molecular formula is C11H23NO. The summed E-state index contributed by atoms with van der Waals surface area (Å²) in [4.78, 5) is 2.53. The van der Waals surface area contributed by atoms with Crippen LogP contribution < -0.4 is 0 Å². The maximum atomic E-state index is 9.60. The second-order valence-corrected chi connectivity index (χ2v) is 4.82. The number of hydrogen-bond acceptors (Lipinski definition) is 2. The van der Waals surface area contributed by atoms with Crippen molar-refractivity contribution in [1.29, 1.82) is 0 Å². The van der Waals surface area contributed by atoms with Crippen LogP contribution in [0.4, 0.5) is 0 Å². The average molecular weight is 185 g/mol. The van der Waals surface area contributed by atoms with Crippen molar-refractivity contribution in [1.82, 2.24) is 4.90 Å². The first-order chi connectivity index (χ1) is 6.02. The zero-order chi connectivity index (χ0) is 10.0. The summed E-state index contributed by atoms with van der Waals surface area (Å²) in [5, 5.41) is 9.60. The number of piperidine rings is 1. The monoisotopic (exact) mass is 185 g/mol. The first kappa shape index (κ1) is 11.0. The Morgan fingerprint density at radius 2 is 1.85 bits per heavy atom. The molecule has 0 aromatic heterocycles. The molecule has 0 aliphatic carbocycles. The highest BCUT2D eigenvalue weighted by atomic mass is 16.3. The van der Waals surface area contributed by atoms with Gasteiger partial charge >= 0.3 is 0 Å². The third-order valence-corrected chi connectivity index (χ3v) is 3.09. The van der Waals surface area contributed by atoms with E-state index in [-0.39, 0.29) is 6.10 Å². The highest BCUT2D eigenvalue weighted by Crippen LogP contribution is 2.25. The van der Waals surface area contributed by atoms with Gasteiger partial charge in [0.25, 0.3) is 0 Å². The van der Waals surface area contributed by atoms with Gasteiger partial charge in [0.1, 0.15) is 0 Å². The van der Waals surface area contributed by atoms with E-state index in [2.05, 4.69) is 32.6 Å². The molecule has 2 nitrogen and oxygen atoms in total. The van der Waals surface area contributed by atoms with Gasteiger partial charge in [0.05, 0.1) is 6.10 Å². The van der Waals surface area contributed by atoms with Gasteiger partial charge in [0, 0.05) is 18.6 Å². The molecule has 1 heterocycles. The highest BCUT2D eigenvalue weighted by molar-refractivity contribution is 4.85. The molecule has 1 aliphatic rings. The molecule has 2 atom stereocenters. The lowest BCUT2D eigenvalue weighted by atomic mass is 9.90. The van der Waals surface area contributed by atoms with Gasteiger partial charge in [0.2, 0.25) is 0 Å². The molecule has 0 amide bonds. The molecule has 1 N–H and O–H groups in total. The van der Waals surface area contributed by atoms with E-state index >= 15 is 0 Å². The Labute approximate surface area is 81.9 Å². The molecule has 0 spiro atoms. The van der Waals surface area contributed by atoms with E-state index in [0.717, 1.165) is 19.4 Å². The quantitative estimate of drug-likeness (QED) is 0.710. The van der Waals surface area contributed by atoms with Crippen LogP contribution in [-0.4, -0.2) is 34.7 Å². The summed E-state index contributed by atoms with van der Waals surface area (Å²) in [6.07, 6.45) is 1.83. The summed E-state index contributed by atoms with van der Waals surface area (Å²) in [6, 6.07) is 1.18. The largest absolute Gasteiger partial charge is 0.393 e. The number of aliphatic hydroxyl groups is 1. The second kappa shape index (κ2) is 4.43. The summed E-state index contributed by atoms with van der Waals surface area (Å²) >= 11 is 0. The first-order valence-electron chi connectivity index (χ1n) is 5.46. The van der Waals surface area contributed by atoms with Crippen LogP contribution in [0.1, 0.15) is 40.5 Å². The smallest absolute Gasteiger partial charge is 0.0567 e. The van der Waals surface area contributed by atoms with E-state index in [4.69, 9.17) is 0 Å². The van der Waals surface area contributed by atoms with Crippen molar-refractivity contribution >= 4 is 0 Å². The Morgan fingerprint density at radius 1 is 1.23 bits per heavy atom. The van der Waals surface area contributed by atoms with Crippen molar-refractivity contribution in [3.05, 3.63) is 0 Å². The fourth-order valence-electron chi connectivity index (χ4n) is 2.29. The van der Waals surface area contributed by atoms with E-state index in [0.29, 0.717) is 18.0 Å². The fourth-order valence-corrected chi connectivity index (χ4v) is 2.29. The molecule has 0 aromatic rings.